The van der Waals surface area contributed by atoms with Crippen molar-refractivity contribution in [2.75, 3.05) is 0 Å². The van der Waals surface area contributed by atoms with E-state index >= 15 is 0 Å². The number of nitrogens with zero attached hydrogens (tertiary/aromatic N) is 2. The van der Waals surface area contributed by atoms with Crippen LogP contribution in [0, 0.1) is 0 Å². The first-order chi connectivity index (χ1) is 11.1. The minimum atomic E-state index is -1.01. The van der Waals surface area contributed by atoms with Gasteiger partial charge in [-0.1, -0.05) is 47.6 Å². The molecule has 0 radical (unpaired) electrons. The molecule has 3 aromatic rings. The lowest BCUT2D eigenvalue weighted by atomic mass is 10.0. The molecular formula is C17H15N3O3. The molecule has 0 bridgehead atoms. The molecular weight excluding hydrogens is 294 g/mol. The molecule has 1 heterocycles. The second-order valence-corrected chi connectivity index (χ2v) is 5.13. The van der Waals surface area contributed by atoms with Crippen LogP contribution in [0.5, 0.6) is 0 Å². The molecule has 3 rings (SSSR count). The molecule has 0 fully saturated rings. The van der Waals surface area contributed by atoms with E-state index in [1.54, 1.807) is 0 Å². The normalized spacial score (nSPS) is 12.0. The van der Waals surface area contributed by atoms with E-state index < -0.39 is 12.0 Å². The van der Waals surface area contributed by atoms with Gasteiger partial charge in [-0.05, 0) is 24.1 Å². The molecule has 6 heteroatoms. The quantitative estimate of drug-likeness (QED) is 0.750. The molecule has 1 aromatic heterocycles. The zero-order valence-electron chi connectivity index (χ0n) is 12.2. The van der Waals surface area contributed by atoms with Crippen LogP contribution in [0.3, 0.4) is 0 Å². The largest absolute Gasteiger partial charge is 0.480 e. The maximum absolute atomic E-state index is 10.8. The van der Waals surface area contributed by atoms with E-state index in [1.807, 2.05) is 54.6 Å². The van der Waals surface area contributed by atoms with E-state index in [0.717, 1.165) is 16.7 Å². The van der Waals surface area contributed by atoms with Gasteiger partial charge in [0, 0.05) is 11.1 Å². The van der Waals surface area contributed by atoms with Crippen LogP contribution in [-0.4, -0.2) is 27.3 Å². The van der Waals surface area contributed by atoms with Crippen molar-refractivity contribution in [2.45, 2.75) is 12.5 Å². The van der Waals surface area contributed by atoms with Crippen LogP contribution in [0.1, 0.15) is 5.56 Å². The topological polar surface area (TPSA) is 102 Å². The summed E-state index contributed by atoms with van der Waals surface area (Å²) >= 11 is 0. The highest BCUT2D eigenvalue weighted by atomic mass is 16.5. The number of carboxylic acid groups (broad SMARTS) is 1. The zero-order valence-corrected chi connectivity index (χ0v) is 12.2. The number of hydrogen-bond acceptors (Lipinski definition) is 5. The van der Waals surface area contributed by atoms with Crippen molar-refractivity contribution in [2.24, 2.45) is 5.73 Å². The number of benzene rings is 2. The molecule has 116 valence electrons. The Morgan fingerprint density at radius 3 is 2.43 bits per heavy atom. The first kappa shape index (κ1) is 14.9. The smallest absolute Gasteiger partial charge is 0.320 e. The fourth-order valence-corrected chi connectivity index (χ4v) is 2.17. The van der Waals surface area contributed by atoms with Crippen LogP contribution in [0.25, 0.3) is 22.8 Å². The van der Waals surface area contributed by atoms with Crippen LogP contribution in [0.15, 0.2) is 59.1 Å². The van der Waals surface area contributed by atoms with Crippen molar-refractivity contribution < 1.29 is 14.4 Å². The summed E-state index contributed by atoms with van der Waals surface area (Å²) in [5, 5.41) is 12.8. The van der Waals surface area contributed by atoms with Crippen molar-refractivity contribution in [1.29, 1.82) is 0 Å². The maximum Gasteiger partial charge on any atom is 0.320 e. The number of nitrogens with two attached hydrogens (primary N) is 1. The Morgan fingerprint density at radius 1 is 1.09 bits per heavy atom. The molecule has 2 aromatic carbocycles. The van der Waals surface area contributed by atoms with Gasteiger partial charge in [0.25, 0.3) is 5.89 Å². The number of hydrogen-bond donors (Lipinski definition) is 2. The third kappa shape index (κ3) is 3.44. The van der Waals surface area contributed by atoms with Crippen molar-refractivity contribution in [1.82, 2.24) is 10.1 Å². The van der Waals surface area contributed by atoms with Crippen LogP contribution in [-0.2, 0) is 11.2 Å². The molecule has 0 aliphatic carbocycles. The minimum Gasteiger partial charge on any atom is -0.480 e. The summed E-state index contributed by atoms with van der Waals surface area (Å²) < 4.78 is 5.27. The van der Waals surface area contributed by atoms with E-state index in [0.29, 0.717) is 11.7 Å². The lowest BCUT2D eigenvalue weighted by Crippen LogP contribution is -2.32. The summed E-state index contributed by atoms with van der Waals surface area (Å²) in [6.07, 6.45) is 0.275. The fraction of sp³-hybridized carbons (Fsp3) is 0.118. The molecule has 0 saturated carbocycles. The van der Waals surface area contributed by atoms with Crippen LogP contribution < -0.4 is 5.73 Å². The summed E-state index contributed by atoms with van der Waals surface area (Å²) in [4.78, 5) is 15.1. The van der Waals surface area contributed by atoms with E-state index in [9.17, 15) is 4.79 Å². The van der Waals surface area contributed by atoms with Crippen LogP contribution >= 0.6 is 0 Å². The SMILES string of the molecule is NC(Cc1ccc(-c2noc(-c3ccccc3)n2)cc1)C(=O)O. The molecule has 0 saturated heterocycles. The van der Waals surface area contributed by atoms with Gasteiger partial charge in [0.05, 0.1) is 0 Å². The van der Waals surface area contributed by atoms with Gasteiger partial charge in [0.1, 0.15) is 6.04 Å². The monoisotopic (exact) mass is 309 g/mol. The molecule has 1 unspecified atom stereocenters. The van der Waals surface area contributed by atoms with Crippen LogP contribution in [0.2, 0.25) is 0 Å². The summed E-state index contributed by atoms with van der Waals surface area (Å²) in [7, 11) is 0. The fourth-order valence-electron chi connectivity index (χ4n) is 2.17. The predicted octanol–water partition coefficient (Wildman–Crippen LogP) is 2.36. The summed E-state index contributed by atoms with van der Waals surface area (Å²) in [5.41, 5.74) is 8.02. The maximum atomic E-state index is 10.8. The Hall–Kier alpha value is -2.99. The lowest BCUT2D eigenvalue weighted by molar-refractivity contribution is -0.138. The second-order valence-electron chi connectivity index (χ2n) is 5.13. The molecule has 3 N–H and O–H groups in total. The highest BCUT2D eigenvalue weighted by molar-refractivity contribution is 5.73. The van der Waals surface area contributed by atoms with Gasteiger partial charge in [-0.3, -0.25) is 4.79 Å². The van der Waals surface area contributed by atoms with Gasteiger partial charge in [-0.2, -0.15) is 4.98 Å². The summed E-state index contributed by atoms with van der Waals surface area (Å²) in [5.74, 6) is -0.0738. The first-order valence-corrected chi connectivity index (χ1v) is 7.10. The Balaban J connectivity index is 1.78. The Morgan fingerprint density at radius 2 is 1.78 bits per heavy atom. The van der Waals surface area contributed by atoms with Crippen molar-refractivity contribution in [3.63, 3.8) is 0 Å². The second kappa shape index (κ2) is 6.41. The Kier molecular flexibility index (Phi) is 4.16. The zero-order chi connectivity index (χ0) is 16.2. The highest BCUT2D eigenvalue weighted by Gasteiger charge is 2.13. The Bertz CT molecular complexity index is 797. The van der Waals surface area contributed by atoms with Gasteiger partial charge < -0.3 is 15.4 Å². The highest BCUT2D eigenvalue weighted by Crippen LogP contribution is 2.22. The molecule has 23 heavy (non-hydrogen) atoms. The first-order valence-electron chi connectivity index (χ1n) is 7.10. The Labute approximate surface area is 132 Å². The van der Waals surface area contributed by atoms with Gasteiger partial charge in [0.15, 0.2) is 0 Å². The minimum absolute atomic E-state index is 0.275. The van der Waals surface area contributed by atoms with Crippen molar-refractivity contribution in [3.8, 4) is 22.8 Å². The third-order valence-corrected chi connectivity index (χ3v) is 3.43. The number of carbonyl (C=O) groups is 1. The molecule has 6 nitrogen and oxygen atoms in total. The van der Waals surface area contributed by atoms with E-state index in [2.05, 4.69) is 10.1 Å². The molecule has 0 aliphatic rings. The van der Waals surface area contributed by atoms with E-state index in [4.69, 9.17) is 15.4 Å². The summed E-state index contributed by atoms with van der Waals surface area (Å²) in [6.45, 7) is 0. The van der Waals surface area contributed by atoms with Crippen molar-refractivity contribution in [3.05, 3.63) is 60.2 Å². The number of aliphatic carboxylic acids is 1. The number of carboxylic acids is 1. The molecule has 1 atom stereocenters. The van der Waals surface area contributed by atoms with Gasteiger partial charge in [-0.25, -0.2) is 0 Å². The standard InChI is InChI=1S/C17H15N3O3/c18-14(17(21)22)10-11-6-8-12(9-7-11)15-19-16(23-20-15)13-4-2-1-3-5-13/h1-9,14H,10,18H2,(H,21,22). The molecule has 0 spiro atoms. The average Bonchev–Trinajstić information content (AvgIpc) is 3.06. The summed E-state index contributed by atoms with van der Waals surface area (Å²) in [6, 6.07) is 15.9. The predicted molar refractivity (Wildman–Crippen MR) is 84.5 cm³/mol. The molecule has 0 aliphatic heterocycles. The van der Waals surface area contributed by atoms with E-state index in [1.165, 1.54) is 0 Å². The number of aromatic nitrogens is 2. The van der Waals surface area contributed by atoms with Gasteiger partial charge in [-0.15, -0.1) is 0 Å². The van der Waals surface area contributed by atoms with E-state index in [-0.39, 0.29) is 6.42 Å². The average molecular weight is 309 g/mol. The van der Waals surface area contributed by atoms with Crippen LogP contribution in [0.4, 0.5) is 0 Å². The van der Waals surface area contributed by atoms with Crippen molar-refractivity contribution >= 4 is 5.97 Å². The third-order valence-electron chi connectivity index (χ3n) is 3.43. The van der Waals surface area contributed by atoms with Gasteiger partial charge in [0.2, 0.25) is 5.82 Å². The van der Waals surface area contributed by atoms with Gasteiger partial charge >= 0.3 is 5.97 Å². The number of rotatable bonds is 5. The molecule has 0 amide bonds. The lowest BCUT2D eigenvalue weighted by Gasteiger charge is -2.06.